The summed E-state index contributed by atoms with van der Waals surface area (Å²) in [5, 5.41) is 1.54. The molecule has 0 saturated carbocycles. The highest BCUT2D eigenvalue weighted by atomic mass is 35.5. The van der Waals surface area contributed by atoms with Crippen LogP contribution in [-0.4, -0.2) is 24.7 Å². The largest absolute Gasteiger partial charge is 0.478 e. The van der Waals surface area contributed by atoms with E-state index in [1.165, 1.54) is 7.11 Å². The molecule has 0 N–H and O–H groups in total. The number of ether oxygens (including phenoxy) is 3. The number of methoxy groups -OCH3 is 1. The zero-order valence-corrected chi connectivity index (χ0v) is 21.0. The lowest BCUT2D eigenvalue weighted by molar-refractivity contribution is 0.0600. The fraction of sp³-hybridized carbons (Fsp3) is 0.185. The maximum Gasteiger partial charge on any atom is 0.337 e. The molecular formula is C27H21Cl2NO6. The van der Waals surface area contributed by atoms with Crippen molar-refractivity contribution in [1.82, 2.24) is 4.90 Å². The van der Waals surface area contributed by atoms with Crippen molar-refractivity contribution in [3.63, 3.8) is 0 Å². The van der Waals surface area contributed by atoms with Crippen LogP contribution < -0.4 is 14.9 Å². The lowest BCUT2D eigenvalue weighted by Crippen LogP contribution is -2.32. The van der Waals surface area contributed by atoms with Gasteiger partial charge in [0.15, 0.2) is 0 Å². The van der Waals surface area contributed by atoms with Gasteiger partial charge in [0.05, 0.1) is 23.6 Å². The van der Waals surface area contributed by atoms with Gasteiger partial charge in [0, 0.05) is 23.1 Å². The van der Waals surface area contributed by atoms with Crippen LogP contribution in [0.15, 0.2) is 63.8 Å². The maximum absolute atomic E-state index is 13.4. The van der Waals surface area contributed by atoms with Crippen molar-refractivity contribution in [2.75, 3.05) is 13.8 Å². The minimum absolute atomic E-state index is 0.0785. The van der Waals surface area contributed by atoms with E-state index >= 15 is 0 Å². The smallest absolute Gasteiger partial charge is 0.337 e. The summed E-state index contributed by atoms with van der Waals surface area (Å²) >= 11 is 12.4. The molecule has 1 aromatic heterocycles. The first-order chi connectivity index (χ1) is 17.3. The quantitative estimate of drug-likeness (QED) is 0.281. The molecule has 7 nitrogen and oxygen atoms in total. The molecule has 1 aliphatic heterocycles. The Morgan fingerprint density at radius 3 is 2.58 bits per heavy atom. The van der Waals surface area contributed by atoms with Crippen molar-refractivity contribution in [1.29, 1.82) is 0 Å². The lowest BCUT2D eigenvalue weighted by Gasteiger charge is -2.29. The Morgan fingerprint density at radius 2 is 1.86 bits per heavy atom. The number of hydrogen-bond donors (Lipinski definition) is 0. The molecule has 0 aliphatic carbocycles. The predicted molar refractivity (Wildman–Crippen MR) is 136 cm³/mol. The molecule has 0 fully saturated rings. The van der Waals surface area contributed by atoms with Crippen molar-refractivity contribution >= 4 is 40.1 Å². The normalized spacial score (nSPS) is 13.2. The number of halogens is 2. The number of rotatable bonds is 5. The molecule has 0 radical (unpaired) electrons. The SMILES string of the molecule is COC(=O)c1ccc(Oc2c(C)oc3c4c(ccc3c2=O)OCN(Cc2ccc(Cl)cc2Cl)C4)cc1. The van der Waals surface area contributed by atoms with Crippen LogP contribution >= 0.6 is 23.2 Å². The number of fused-ring (bicyclic) bond motifs is 3. The summed E-state index contributed by atoms with van der Waals surface area (Å²) in [6, 6.07) is 15.1. The van der Waals surface area contributed by atoms with Gasteiger partial charge in [-0.25, -0.2) is 4.79 Å². The van der Waals surface area contributed by atoms with Crippen LogP contribution in [0.25, 0.3) is 11.0 Å². The first-order valence-electron chi connectivity index (χ1n) is 11.1. The first-order valence-corrected chi connectivity index (χ1v) is 11.8. The Labute approximate surface area is 216 Å². The molecule has 0 saturated heterocycles. The van der Waals surface area contributed by atoms with Gasteiger partial charge in [0.1, 0.15) is 29.6 Å². The second-order valence-corrected chi connectivity index (χ2v) is 9.19. The van der Waals surface area contributed by atoms with E-state index in [1.807, 2.05) is 6.07 Å². The molecule has 184 valence electrons. The number of aryl methyl sites for hydroxylation is 1. The van der Waals surface area contributed by atoms with Crippen molar-refractivity contribution in [2.45, 2.75) is 20.0 Å². The fourth-order valence-corrected chi connectivity index (χ4v) is 4.58. The minimum Gasteiger partial charge on any atom is -0.478 e. The van der Waals surface area contributed by atoms with Crippen molar-refractivity contribution in [2.24, 2.45) is 0 Å². The van der Waals surface area contributed by atoms with E-state index in [0.29, 0.717) is 63.7 Å². The highest BCUT2D eigenvalue weighted by Crippen LogP contribution is 2.35. The second-order valence-electron chi connectivity index (χ2n) is 8.35. The Morgan fingerprint density at radius 1 is 1.08 bits per heavy atom. The molecule has 0 unspecified atom stereocenters. The maximum atomic E-state index is 13.4. The van der Waals surface area contributed by atoms with Gasteiger partial charge in [0.2, 0.25) is 11.2 Å². The number of benzene rings is 3. The average molecular weight is 526 g/mol. The van der Waals surface area contributed by atoms with E-state index in [0.717, 1.165) is 11.1 Å². The number of carbonyl (C=O) groups excluding carboxylic acids is 1. The Bertz CT molecular complexity index is 1530. The standard InChI is InChI=1S/C27H21Cl2NO6/c1-15-25(36-19-7-4-16(5-8-19)27(32)33-2)24(31)20-9-10-23-21(26(20)35-15)13-30(14-34-23)12-17-3-6-18(28)11-22(17)29/h3-11H,12-14H2,1-2H3. The Kier molecular flexibility index (Phi) is 6.62. The molecule has 2 heterocycles. The van der Waals surface area contributed by atoms with Crippen molar-refractivity contribution in [3.05, 3.63) is 97.3 Å². The van der Waals surface area contributed by atoms with Gasteiger partial charge in [-0.15, -0.1) is 0 Å². The van der Waals surface area contributed by atoms with Gasteiger partial charge in [-0.2, -0.15) is 0 Å². The number of esters is 1. The summed E-state index contributed by atoms with van der Waals surface area (Å²) < 4.78 is 22.6. The van der Waals surface area contributed by atoms with E-state index in [2.05, 4.69) is 4.90 Å². The van der Waals surface area contributed by atoms with Gasteiger partial charge in [0.25, 0.3) is 0 Å². The zero-order valence-electron chi connectivity index (χ0n) is 19.5. The molecule has 0 atom stereocenters. The topological polar surface area (TPSA) is 78.2 Å². The molecule has 1 aliphatic rings. The zero-order chi connectivity index (χ0) is 25.4. The third-order valence-electron chi connectivity index (χ3n) is 5.93. The van der Waals surface area contributed by atoms with Crippen LogP contribution in [0.3, 0.4) is 0 Å². The number of carbonyl (C=O) groups is 1. The molecule has 9 heteroatoms. The molecule has 36 heavy (non-hydrogen) atoms. The summed E-state index contributed by atoms with van der Waals surface area (Å²) in [6.07, 6.45) is 0. The molecule has 3 aromatic carbocycles. The van der Waals surface area contributed by atoms with Crippen LogP contribution in [0.4, 0.5) is 0 Å². The van der Waals surface area contributed by atoms with Crippen LogP contribution in [-0.2, 0) is 17.8 Å². The van der Waals surface area contributed by atoms with E-state index < -0.39 is 5.97 Å². The molecule has 0 bridgehead atoms. The van der Waals surface area contributed by atoms with Gasteiger partial charge in [-0.3, -0.25) is 9.69 Å². The van der Waals surface area contributed by atoms with Gasteiger partial charge >= 0.3 is 5.97 Å². The monoisotopic (exact) mass is 525 g/mol. The predicted octanol–water partition coefficient (Wildman–Crippen LogP) is 6.34. The molecule has 0 spiro atoms. The van der Waals surface area contributed by atoms with Gasteiger partial charge < -0.3 is 18.6 Å². The van der Waals surface area contributed by atoms with Gasteiger partial charge in [-0.05, 0) is 61.0 Å². The Hall–Kier alpha value is -3.52. The molecule has 4 aromatic rings. The van der Waals surface area contributed by atoms with Crippen LogP contribution in [0, 0.1) is 6.92 Å². The third kappa shape index (κ3) is 4.65. The van der Waals surface area contributed by atoms with Crippen molar-refractivity contribution in [3.8, 4) is 17.2 Å². The molecule has 0 amide bonds. The summed E-state index contributed by atoms with van der Waals surface area (Å²) in [7, 11) is 1.31. The second kappa shape index (κ2) is 9.85. The third-order valence-corrected chi connectivity index (χ3v) is 6.52. The highest BCUT2D eigenvalue weighted by Gasteiger charge is 2.25. The van der Waals surface area contributed by atoms with Crippen LogP contribution in [0.2, 0.25) is 10.0 Å². The van der Waals surface area contributed by atoms with Crippen LogP contribution in [0.1, 0.15) is 27.2 Å². The van der Waals surface area contributed by atoms with E-state index in [4.69, 9.17) is 41.8 Å². The number of nitrogens with zero attached hydrogens (tertiary/aromatic N) is 1. The van der Waals surface area contributed by atoms with E-state index in [1.54, 1.807) is 55.5 Å². The van der Waals surface area contributed by atoms with Gasteiger partial charge in [-0.1, -0.05) is 29.3 Å². The van der Waals surface area contributed by atoms with E-state index in [9.17, 15) is 9.59 Å². The first kappa shape index (κ1) is 24.2. The highest BCUT2D eigenvalue weighted by molar-refractivity contribution is 6.35. The summed E-state index contributed by atoms with van der Waals surface area (Å²) in [6.45, 7) is 3.08. The number of hydrogen-bond acceptors (Lipinski definition) is 7. The van der Waals surface area contributed by atoms with Crippen molar-refractivity contribution < 1.29 is 23.4 Å². The van der Waals surface area contributed by atoms with E-state index in [-0.39, 0.29) is 11.2 Å². The lowest BCUT2D eigenvalue weighted by atomic mass is 10.1. The molecule has 5 rings (SSSR count). The fourth-order valence-electron chi connectivity index (χ4n) is 4.11. The van der Waals surface area contributed by atoms with Crippen LogP contribution in [0.5, 0.6) is 17.2 Å². The summed E-state index contributed by atoms with van der Waals surface area (Å²) in [5.41, 5.74) is 2.22. The summed E-state index contributed by atoms with van der Waals surface area (Å²) in [4.78, 5) is 27.1. The summed E-state index contributed by atoms with van der Waals surface area (Å²) in [5.74, 6) is 1.01. The molecular weight excluding hydrogens is 505 g/mol. The Balaban J connectivity index is 1.45. The average Bonchev–Trinajstić information content (AvgIpc) is 2.88. The minimum atomic E-state index is -0.456.